The van der Waals surface area contributed by atoms with E-state index in [4.69, 9.17) is 0 Å². The summed E-state index contributed by atoms with van der Waals surface area (Å²) in [4.78, 5) is 7.78. The molecule has 0 radical (unpaired) electrons. The molecule has 3 nitrogen and oxygen atoms in total. The summed E-state index contributed by atoms with van der Waals surface area (Å²) in [6.45, 7) is 42.0. The van der Waals surface area contributed by atoms with Gasteiger partial charge in [-0.15, -0.1) is 0 Å². The van der Waals surface area contributed by atoms with Gasteiger partial charge >= 0.3 is 0 Å². The standard InChI is InChI=1S/C70H80BN3/c1-65(2,3)46-25-32-52(33-26-46)73-59-38-30-49(68(10,11)12)41-57(59)71-58-42-50(69(13,14)15)31-39-60(58)74(53-34-27-47(28-35-53)66(4,5)6)62-44-54(43-61(73)63(62)71)72(51-22-20-19-21-23-51)64-55-36-29-48(67(7,8)9)40-45(55)24-37-56(64)70(16,17)18/h19-44H,1-18H3. The van der Waals surface area contributed by atoms with Crippen LogP contribution in [0.4, 0.5) is 51.2 Å². The van der Waals surface area contributed by atoms with E-state index in [2.05, 4.69) is 297 Å². The zero-order chi connectivity index (χ0) is 53.2. The van der Waals surface area contributed by atoms with Crippen LogP contribution in [0.25, 0.3) is 10.8 Å². The average molecular weight is 974 g/mol. The van der Waals surface area contributed by atoms with Crippen molar-refractivity contribution in [3.63, 3.8) is 0 Å². The van der Waals surface area contributed by atoms with Crippen molar-refractivity contribution < 1.29 is 0 Å². The van der Waals surface area contributed by atoms with E-state index in [-0.39, 0.29) is 39.2 Å². The molecule has 0 amide bonds. The molecule has 0 N–H and O–H groups in total. The van der Waals surface area contributed by atoms with Crippen LogP contribution in [0.1, 0.15) is 158 Å². The van der Waals surface area contributed by atoms with Crippen LogP contribution >= 0.6 is 0 Å². The van der Waals surface area contributed by atoms with Crippen molar-refractivity contribution in [2.24, 2.45) is 0 Å². The molecule has 2 aliphatic heterocycles. The maximum atomic E-state index is 2.60. The molecular formula is C70H80BN3. The van der Waals surface area contributed by atoms with Gasteiger partial charge in [-0.05, 0) is 148 Å². The Bertz CT molecular complexity index is 3280. The molecule has 8 aromatic carbocycles. The molecule has 0 unspecified atom stereocenters. The third-order valence-corrected chi connectivity index (χ3v) is 15.9. The Kier molecular flexibility index (Phi) is 12.1. The highest BCUT2D eigenvalue weighted by Crippen LogP contribution is 2.52. The van der Waals surface area contributed by atoms with Crippen molar-refractivity contribution in [1.29, 1.82) is 0 Å². The molecule has 2 aliphatic rings. The summed E-state index contributed by atoms with van der Waals surface area (Å²) >= 11 is 0. The summed E-state index contributed by atoms with van der Waals surface area (Å²) in [5.41, 5.74) is 22.2. The monoisotopic (exact) mass is 974 g/mol. The predicted molar refractivity (Wildman–Crippen MR) is 325 cm³/mol. The molecular weight excluding hydrogens is 894 g/mol. The van der Waals surface area contributed by atoms with Crippen molar-refractivity contribution in [3.8, 4) is 0 Å². The summed E-state index contributed by atoms with van der Waals surface area (Å²) in [5.74, 6) is 0. The lowest BCUT2D eigenvalue weighted by atomic mass is 9.33. The fraction of sp³-hybridized carbons (Fsp3) is 0.343. The van der Waals surface area contributed by atoms with Gasteiger partial charge in [0.25, 0.3) is 6.71 Å². The fourth-order valence-electron chi connectivity index (χ4n) is 11.4. The predicted octanol–water partition coefficient (Wildman–Crippen LogP) is 18.2. The molecule has 0 atom stereocenters. The minimum Gasteiger partial charge on any atom is -0.311 e. The zero-order valence-electron chi connectivity index (χ0n) is 47.9. The van der Waals surface area contributed by atoms with Gasteiger partial charge in [0.1, 0.15) is 0 Å². The Morgan fingerprint density at radius 2 is 0.743 bits per heavy atom. The van der Waals surface area contributed by atoms with Crippen molar-refractivity contribution in [2.45, 2.75) is 157 Å². The van der Waals surface area contributed by atoms with E-state index >= 15 is 0 Å². The highest BCUT2D eigenvalue weighted by atomic mass is 15.2. The summed E-state index contributed by atoms with van der Waals surface area (Å²) in [6, 6.07) is 61.7. The number of para-hydroxylation sites is 1. The highest BCUT2D eigenvalue weighted by Gasteiger charge is 2.45. The van der Waals surface area contributed by atoms with Gasteiger partial charge < -0.3 is 14.7 Å². The smallest absolute Gasteiger partial charge is 0.252 e. The Morgan fingerprint density at radius 1 is 0.338 bits per heavy atom. The second-order valence-corrected chi connectivity index (χ2v) is 27.7. The van der Waals surface area contributed by atoms with E-state index in [9.17, 15) is 0 Å². The van der Waals surface area contributed by atoms with Crippen LogP contribution in [0.15, 0.2) is 158 Å². The Balaban J connectivity index is 1.38. The molecule has 0 spiro atoms. The van der Waals surface area contributed by atoms with Gasteiger partial charge in [-0.25, -0.2) is 0 Å². The molecule has 0 saturated heterocycles. The summed E-state index contributed by atoms with van der Waals surface area (Å²) in [6.07, 6.45) is 0. The third kappa shape index (κ3) is 9.05. The first kappa shape index (κ1) is 51.0. The molecule has 0 fully saturated rings. The minimum atomic E-state index is -0.179. The fourth-order valence-corrected chi connectivity index (χ4v) is 11.4. The van der Waals surface area contributed by atoms with E-state index < -0.39 is 0 Å². The number of nitrogens with zero attached hydrogens (tertiary/aromatic N) is 3. The first-order valence-corrected chi connectivity index (χ1v) is 27.2. The SMILES string of the molecule is CC(C)(C)c1ccc(N2c3ccc(C(C)(C)C)cc3B3c4cc(C(C)(C)C)ccc4N(c4ccc(C(C)(C)C)cc4)c4cc(N(c5ccccc5)c5c(C(C)(C)C)ccc6cc(C(C)(C)C)ccc56)cc2c43)cc1. The Hall–Kier alpha value is -6.52. The lowest BCUT2D eigenvalue weighted by Crippen LogP contribution is -2.61. The van der Waals surface area contributed by atoms with Crippen molar-refractivity contribution >= 4 is 85.1 Å². The minimum absolute atomic E-state index is 0.00479. The van der Waals surface area contributed by atoms with Gasteiger partial charge in [-0.1, -0.05) is 222 Å². The van der Waals surface area contributed by atoms with Crippen LogP contribution < -0.4 is 31.1 Å². The largest absolute Gasteiger partial charge is 0.311 e. The molecule has 378 valence electrons. The van der Waals surface area contributed by atoms with E-state index in [0.717, 1.165) is 22.7 Å². The molecule has 0 aromatic heterocycles. The van der Waals surface area contributed by atoms with Crippen LogP contribution in [0.3, 0.4) is 0 Å². The van der Waals surface area contributed by atoms with Crippen LogP contribution in [0.5, 0.6) is 0 Å². The molecule has 8 aromatic rings. The molecule has 0 aliphatic carbocycles. The summed E-state index contributed by atoms with van der Waals surface area (Å²) < 4.78 is 0. The Labute approximate surface area is 445 Å². The van der Waals surface area contributed by atoms with E-state index in [1.807, 2.05) is 0 Å². The summed E-state index contributed by atoms with van der Waals surface area (Å²) in [7, 11) is 0. The lowest BCUT2D eigenvalue weighted by molar-refractivity contribution is 0.589. The summed E-state index contributed by atoms with van der Waals surface area (Å²) in [5, 5.41) is 2.48. The van der Waals surface area contributed by atoms with Crippen molar-refractivity contribution in [2.75, 3.05) is 14.7 Å². The van der Waals surface area contributed by atoms with Crippen LogP contribution in [-0.2, 0) is 32.5 Å². The van der Waals surface area contributed by atoms with Crippen LogP contribution in [-0.4, -0.2) is 6.71 Å². The second kappa shape index (κ2) is 17.5. The van der Waals surface area contributed by atoms with Gasteiger partial charge in [0.05, 0.1) is 11.4 Å². The van der Waals surface area contributed by atoms with Crippen LogP contribution in [0.2, 0.25) is 0 Å². The van der Waals surface area contributed by atoms with Gasteiger partial charge in [0, 0.05) is 45.2 Å². The molecule has 10 rings (SSSR count). The number of anilines is 9. The quantitative estimate of drug-likeness (QED) is 0.159. The zero-order valence-corrected chi connectivity index (χ0v) is 47.9. The van der Waals surface area contributed by atoms with Crippen LogP contribution in [0, 0.1) is 0 Å². The number of benzene rings is 8. The molecule has 4 heteroatoms. The molecule has 74 heavy (non-hydrogen) atoms. The number of hydrogen-bond donors (Lipinski definition) is 0. The third-order valence-electron chi connectivity index (χ3n) is 15.9. The number of fused-ring (bicyclic) bond motifs is 5. The molecule has 2 heterocycles. The van der Waals surface area contributed by atoms with Crippen molar-refractivity contribution in [3.05, 3.63) is 191 Å². The van der Waals surface area contributed by atoms with Gasteiger partial charge in [0.15, 0.2) is 0 Å². The van der Waals surface area contributed by atoms with Gasteiger partial charge in [0.2, 0.25) is 0 Å². The van der Waals surface area contributed by atoms with Gasteiger partial charge in [-0.3, -0.25) is 0 Å². The number of hydrogen-bond acceptors (Lipinski definition) is 3. The topological polar surface area (TPSA) is 9.72 Å². The maximum absolute atomic E-state index is 2.60. The first-order chi connectivity index (χ1) is 34.5. The normalized spacial score (nSPS) is 14.0. The second-order valence-electron chi connectivity index (χ2n) is 27.7. The van der Waals surface area contributed by atoms with E-state index in [1.165, 1.54) is 89.0 Å². The lowest BCUT2D eigenvalue weighted by Gasteiger charge is -2.46. The molecule has 0 bridgehead atoms. The van der Waals surface area contributed by atoms with E-state index in [1.54, 1.807) is 0 Å². The van der Waals surface area contributed by atoms with Crippen molar-refractivity contribution in [1.82, 2.24) is 0 Å². The Morgan fingerprint density at radius 3 is 1.16 bits per heavy atom. The number of rotatable bonds is 5. The molecule has 0 saturated carbocycles. The van der Waals surface area contributed by atoms with E-state index in [0.29, 0.717) is 0 Å². The average Bonchev–Trinajstić information content (AvgIpc) is 3.33. The maximum Gasteiger partial charge on any atom is 0.252 e. The highest BCUT2D eigenvalue weighted by molar-refractivity contribution is 7.00. The first-order valence-electron chi connectivity index (χ1n) is 27.2. The van der Waals surface area contributed by atoms with Gasteiger partial charge in [-0.2, -0.15) is 0 Å².